The maximum absolute atomic E-state index is 10.5. The van der Waals surface area contributed by atoms with E-state index in [4.69, 9.17) is 0 Å². The third kappa shape index (κ3) is 4.12. The van der Waals surface area contributed by atoms with E-state index in [-0.39, 0.29) is 12.9 Å². The number of fused-ring (bicyclic) bond motifs is 2. The average molecular weight is 351 g/mol. The van der Waals surface area contributed by atoms with E-state index >= 15 is 0 Å². The third-order valence-electron chi connectivity index (χ3n) is 3.68. The molecule has 134 valence electrons. The number of carbonyl (C=O) groups is 2. The summed E-state index contributed by atoms with van der Waals surface area (Å²) in [6.45, 7) is 3.71. The first kappa shape index (κ1) is 20.5. The van der Waals surface area contributed by atoms with Gasteiger partial charge in [-0.3, -0.25) is 14.7 Å². The molecule has 6 heteroatoms. The second-order valence-corrected chi connectivity index (χ2v) is 5.18. The second kappa shape index (κ2) is 9.10. The van der Waals surface area contributed by atoms with Crippen molar-refractivity contribution in [3.05, 3.63) is 72.1 Å². The predicted octanol–water partition coefficient (Wildman–Crippen LogP) is 3.81. The number of aromatic nitrogens is 3. The maximum atomic E-state index is 10.5. The molecule has 6 nitrogen and oxygen atoms in total. The number of H-pyrrole nitrogens is 2. The van der Waals surface area contributed by atoms with Gasteiger partial charge in [0, 0.05) is 22.7 Å². The van der Waals surface area contributed by atoms with Crippen molar-refractivity contribution in [1.82, 2.24) is 15.2 Å². The molecule has 0 aliphatic heterocycles. The summed E-state index contributed by atoms with van der Waals surface area (Å²) in [5.74, 6) is 0. The van der Waals surface area contributed by atoms with Gasteiger partial charge in [-0.15, -0.1) is 0 Å². The van der Waals surface area contributed by atoms with E-state index in [9.17, 15) is 9.59 Å². The summed E-state index contributed by atoms with van der Waals surface area (Å²) in [5, 5.41) is 8.45. The molecule has 0 spiro atoms. The Morgan fingerprint density at radius 2 is 1.73 bits per heavy atom. The minimum absolute atomic E-state index is 0. The van der Waals surface area contributed by atoms with Crippen LogP contribution >= 0.6 is 0 Å². The van der Waals surface area contributed by atoms with E-state index in [1.165, 1.54) is 10.9 Å². The molecule has 0 amide bonds. The van der Waals surface area contributed by atoms with Crippen molar-refractivity contribution in [3.8, 4) is 0 Å². The highest BCUT2D eigenvalue weighted by Crippen LogP contribution is 2.15. The second-order valence-electron chi connectivity index (χ2n) is 5.18. The first-order chi connectivity index (χ1) is 11.7. The number of aldehydes is 2. The van der Waals surface area contributed by atoms with Crippen LogP contribution in [-0.4, -0.2) is 33.2 Å². The summed E-state index contributed by atoms with van der Waals surface area (Å²) in [6, 6.07) is 13.3. The Morgan fingerprint density at radius 3 is 2.42 bits per heavy atom. The summed E-state index contributed by atoms with van der Waals surface area (Å²) in [7, 11) is 0. The average Bonchev–Trinajstić information content (AvgIpc) is 3.27. The van der Waals surface area contributed by atoms with Gasteiger partial charge in [0.2, 0.25) is 0 Å². The van der Waals surface area contributed by atoms with Crippen molar-refractivity contribution in [2.75, 3.05) is 0 Å². The number of hydrogen-bond acceptors (Lipinski definition) is 3. The largest absolute Gasteiger partial charge is 0.412 e. The highest BCUT2D eigenvalue weighted by atomic mass is 16.1. The van der Waals surface area contributed by atoms with Crippen molar-refractivity contribution < 1.29 is 15.1 Å². The van der Waals surface area contributed by atoms with Crippen molar-refractivity contribution in [2.45, 2.75) is 7.43 Å². The van der Waals surface area contributed by atoms with Crippen LogP contribution in [0.3, 0.4) is 0 Å². The molecule has 0 unspecified atom stereocenters. The Balaban J connectivity index is 0.000000244. The SMILES string of the molecule is C.C=Cc1ccc2cc[nH]c2c1.O.O=Cc1ccc2c(C=O)[nH]nc2c1. The van der Waals surface area contributed by atoms with Gasteiger partial charge < -0.3 is 10.5 Å². The summed E-state index contributed by atoms with van der Waals surface area (Å²) in [6.07, 6.45) is 5.24. The third-order valence-corrected chi connectivity index (χ3v) is 3.68. The van der Waals surface area contributed by atoms with Gasteiger partial charge in [0.15, 0.2) is 6.29 Å². The zero-order valence-electron chi connectivity index (χ0n) is 13.3. The van der Waals surface area contributed by atoms with Gasteiger partial charge in [-0.25, -0.2) is 0 Å². The van der Waals surface area contributed by atoms with E-state index in [0.717, 1.165) is 17.2 Å². The molecule has 26 heavy (non-hydrogen) atoms. The molecule has 0 radical (unpaired) electrons. The number of nitrogens with zero attached hydrogens (tertiary/aromatic N) is 1. The number of carbonyl (C=O) groups excluding carboxylic acids is 2. The molecule has 0 atom stereocenters. The van der Waals surface area contributed by atoms with Crippen LogP contribution in [0.2, 0.25) is 0 Å². The van der Waals surface area contributed by atoms with Crippen LogP contribution in [0.25, 0.3) is 27.9 Å². The molecule has 0 fully saturated rings. The fraction of sp³-hybridized carbons (Fsp3) is 0.0500. The molecule has 0 aliphatic carbocycles. The smallest absolute Gasteiger partial charge is 0.168 e. The van der Waals surface area contributed by atoms with Crippen molar-refractivity contribution in [1.29, 1.82) is 0 Å². The van der Waals surface area contributed by atoms with Gasteiger partial charge >= 0.3 is 0 Å². The Hall–Kier alpha value is -3.51. The van der Waals surface area contributed by atoms with Crippen LogP contribution in [0.1, 0.15) is 33.8 Å². The van der Waals surface area contributed by atoms with Crippen molar-refractivity contribution >= 4 is 40.5 Å². The lowest BCUT2D eigenvalue weighted by atomic mass is 10.1. The molecule has 4 N–H and O–H groups in total. The number of nitrogens with one attached hydrogen (secondary N) is 2. The standard InChI is InChI=1S/C10H9N.C9H6N2O2.CH4.H2O/c1-2-8-3-4-9-5-6-11-10(9)7-8;12-4-6-1-2-7-8(3-6)10-11-9(7)5-13;;/h2-7,11H,1H2;1-5H,(H,10,11);1H4;1H2. The molecule has 0 bridgehead atoms. The highest BCUT2D eigenvalue weighted by molar-refractivity contribution is 5.96. The first-order valence-corrected chi connectivity index (χ1v) is 7.33. The van der Waals surface area contributed by atoms with Gasteiger partial charge in [-0.2, -0.15) is 5.10 Å². The van der Waals surface area contributed by atoms with Crippen LogP contribution in [0.15, 0.2) is 55.2 Å². The minimum Gasteiger partial charge on any atom is -0.412 e. The summed E-state index contributed by atoms with van der Waals surface area (Å²) in [4.78, 5) is 24.1. The van der Waals surface area contributed by atoms with E-state index in [2.05, 4.69) is 46.0 Å². The summed E-state index contributed by atoms with van der Waals surface area (Å²) >= 11 is 0. The fourth-order valence-electron chi connectivity index (χ4n) is 2.41. The van der Waals surface area contributed by atoms with Crippen molar-refractivity contribution in [3.63, 3.8) is 0 Å². The van der Waals surface area contributed by atoms with E-state index < -0.39 is 0 Å². The first-order valence-electron chi connectivity index (χ1n) is 7.33. The number of benzene rings is 2. The Labute approximate surface area is 150 Å². The zero-order chi connectivity index (χ0) is 16.9. The van der Waals surface area contributed by atoms with Gasteiger partial charge in [0.05, 0.1) is 5.52 Å². The molecule has 4 aromatic rings. The lowest BCUT2D eigenvalue weighted by molar-refractivity contribution is 0.111. The number of hydrogen-bond donors (Lipinski definition) is 2. The Bertz CT molecular complexity index is 1030. The van der Waals surface area contributed by atoms with Crippen molar-refractivity contribution in [2.24, 2.45) is 0 Å². The molecule has 0 aliphatic rings. The van der Waals surface area contributed by atoms with Gasteiger partial charge in [-0.1, -0.05) is 38.3 Å². The van der Waals surface area contributed by atoms with Gasteiger partial charge in [-0.05, 0) is 35.2 Å². The number of rotatable bonds is 3. The highest BCUT2D eigenvalue weighted by Gasteiger charge is 2.03. The van der Waals surface area contributed by atoms with E-state index in [1.807, 2.05) is 12.3 Å². The van der Waals surface area contributed by atoms with Crippen LogP contribution in [0, 0.1) is 0 Å². The monoisotopic (exact) mass is 351 g/mol. The Kier molecular flexibility index (Phi) is 7.19. The fourth-order valence-corrected chi connectivity index (χ4v) is 2.41. The zero-order valence-corrected chi connectivity index (χ0v) is 13.3. The summed E-state index contributed by atoms with van der Waals surface area (Å²) in [5.41, 5.74) is 3.94. The van der Waals surface area contributed by atoms with Crippen LogP contribution in [-0.2, 0) is 0 Å². The maximum Gasteiger partial charge on any atom is 0.168 e. The molecule has 2 aromatic heterocycles. The van der Waals surface area contributed by atoms with Gasteiger partial charge in [0.25, 0.3) is 0 Å². The quantitative estimate of drug-likeness (QED) is 0.547. The molecule has 0 saturated heterocycles. The Morgan fingerprint density at radius 1 is 0.962 bits per heavy atom. The predicted molar refractivity (Wildman–Crippen MR) is 106 cm³/mol. The normalized spacial score (nSPS) is 9.38. The number of aromatic amines is 2. The lowest BCUT2D eigenvalue weighted by Crippen LogP contribution is -1.80. The van der Waals surface area contributed by atoms with Crippen LogP contribution < -0.4 is 0 Å². The molecular formula is C20H21N3O3. The molecule has 2 aromatic carbocycles. The molecular weight excluding hydrogens is 330 g/mol. The molecule has 2 heterocycles. The van der Waals surface area contributed by atoms with Gasteiger partial charge in [0.1, 0.15) is 12.0 Å². The molecule has 4 rings (SSSR count). The minimum atomic E-state index is 0. The topological polar surface area (TPSA) is 110 Å². The summed E-state index contributed by atoms with van der Waals surface area (Å²) < 4.78 is 0. The van der Waals surface area contributed by atoms with Crippen LogP contribution in [0.4, 0.5) is 0 Å². The van der Waals surface area contributed by atoms with Crippen LogP contribution in [0.5, 0.6) is 0 Å². The molecule has 0 saturated carbocycles. The van der Waals surface area contributed by atoms with E-state index in [1.54, 1.807) is 18.2 Å². The van der Waals surface area contributed by atoms with E-state index in [0.29, 0.717) is 23.1 Å². The lowest BCUT2D eigenvalue weighted by Gasteiger charge is -1.91.